The van der Waals surface area contributed by atoms with Crippen molar-refractivity contribution in [1.82, 2.24) is 0 Å². The number of hydrogen-bond donors (Lipinski definition) is 0. The molecule has 0 bridgehead atoms. The Kier molecular flexibility index (Phi) is 1.83. The molecule has 0 saturated carbocycles. The number of allylic oxidation sites excluding steroid dienone is 4. The van der Waals surface area contributed by atoms with Gasteiger partial charge in [0.2, 0.25) is 0 Å². The Morgan fingerprint density at radius 1 is 1.40 bits per heavy atom. The summed E-state index contributed by atoms with van der Waals surface area (Å²) in [7, 11) is 0. The average Bonchev–Trinajstić information content (AvgIpc) is 1.82. The molecule has 1 aliphatic carbocycles. The second-order valence-electron chi connectivity index (χ2n) is 2.31. The van der Waals surface area contributed by atoms with Crippen LogP contribution in [0.4, 0.5) is 13.2 Å². The van der Waals surface area contributed by atoms with Crippen molar-refractivity contribution in [1.29, 1.82) is 0 Å². The zero-order valence-corrected chi connectivity index (χ0v) is 5.44. The SMILES string of the molecule is C[C@@H]1C(F)=CC(F)=CC1F. The smallest absolute Gasteiger partial charge is 0.130 e. The number of hydrogen-bond acceptors (Lipinski definition) is 0. The fourth-order valence-electron chi connectivity index (χ4n) is 0.760. The van der Waals surface area contributed by atoms with Crippen molar-refractivity contribution < 1.29 is 13.2 Å². The van der Waals surface area contributed by atoms with Gasteiger partial charge < -0.3 is 0 Å². The lowest BCUT2D eigenvalue weighted by atomic mass is 9.99. The van der Waals surface area contributed by atoms with Gasteiger partial charge in [-0.1, -0.05) is 6.92 Å². The highest BCUT2D eigenvalue weighted by atomic mass is 19.2. The van der Waals surface area contributed by atoms with Gasteiger partial charge >= 0.3 is 0 Å². The Morgan fingerprint density at radius 2 is 2.00 bits per heavy atom. The van der Waals surface area contributed by atoms with Crippen molar-refractivity contribution in [3.63, 3.8) is 0 Å². The summed E-state index contributed by atoms with van der Waals surface area (Å²) in [5, 5.41) is 0. The summed E-state index contributed by atoms with van der Waals surface area (Å²) in [5.41, 5.74) is 0. The second kappa shape index (κ2) is 2.48. The molecule has 2 atom stereocenters. The van der Waals surface area contributed by atoms with Crippen LogP contribution in [0, 0.1) is 5.92 Å². The number of alkyl halides is 1. The van der Waals surface area contributed by atoms with Crippen LogP contribution in [-0.4, -0.2) is 6.17 Å². The Hall–Kier alpha value is -0.730. The molecule has 0 fully saturated rings. The van der Waals surface area contributed by atoms with Crippen LogP contribution in [0.3, 0.4) is 0 Å². The van der Waals surface area contributed by atoms with Gasteiger partial charge in [-0.15, -0.1) is 0 Å². The minimum atomic E-state index is -1.52. The van der Waals surface area contributed by atoms with E-state index in [1.54, 1.807) is 0 Å². The van der Waals surface area contributed by atoms with Crippen molar-refractivity contribution in [2.45, 2.75) is 13.1 Å². The molecule has 0 aliphatic heterocycles. The summed E-state index contributed by atoms with van der Waals surface area (Å²) < 4.78 is 37.1. The standard InChI is InChI=1S/C7H7F3/c1-4-6(9)2-5(8)3-7(4)10/h2-4,6H,1H3/t4-,6?/m0/s1. The molecule has 1 unspecified atom stereocenters. The van der Waals surface area contributed by atoms with E-state index in [0.717, 1.165) is 6.08 Å². The average molecular weight is 148 g/mol. The van der Waals surface area contributed by atoms with E-state index in [9.17, 15) is 13.2 Å². The fraction of sp³-hybridized carbons (Fsp3) is 0.429. The van der Waals surface area contributed by atoms with E-state index in [1.165, 1.54) is 6.92 Å². The molecule has 0 heterocycles. The topological polar surface area (TPSA) is 0 Å². The van der Waals surface area contributed by atoms with Crippen molar-refractivity contribution in [2.24, 2.45) is 5.92 Å². The van der Waals surface area contributed by atoms with Gasteiger partial charge in [0.1, 0.15) is 17.8 Å². The lowest BCUT2D eigenvalue weighted by Crippen LogP contribution is -2.13. The molecular weight excluding hydrogens is 141 g/mol. The van der Waals surface area contributed by atoms with Crippen molar-refractivity contribution in [3.05, 3.63) is 23.8 Å². The van der Waals surface area contributed by atoms with E-state index < -0.39 is 23.7 Å². The normalized spacial score (nSPS) is 33.2. The monoisotopic (exact) mass is 148 g/mol. The van der Waals surface area contributed by atoms with Gasteiger partial charge in [-0.3, -0.25) is 0 Å². The summed E-state index contributed by atoms with van der Waals surface area (Å²) in [6, 6.07) is 0. The van der Waals surface area contributed by atoms with Crippen LogP contribution in [0.15, 0.2) is 23.8 Å². The van der Waals surface area contributed by atoms with Crippen LogP contribution in [0.25, 0.3) is 0 Å². The molecule has 10 heavy (non-hydrogen) atoms. The van der Waals surface area contributed by atoms with E-state index in [-0.39, 0.29) is 0 Å². The van der Waals surface area contributed by atoms with Gasteiger partial charge in [0.15, 0.2) is 0 Å². The van der Waals surface area contributed by atoms with E-state index in [0.29, 0.717) is 6.08 Å². The van der Waals surface area contributed by atoms with Crippen molar-refractivity contribution in [2.75, 3.05) is 0 Å². The van der Waals surface area contributed by atoms with Crippen LogP contribution in [-0.2, 0) is 0 Å². The summed E-state index contributed by atoms with van der Waals surface area (Å²) in [4.78, 5) is 0. The maximum absolute atomic E-state index is 12.5. The molecule has 0 N–H and O–H groups in total. The molecule has 1 aliphatic rings. The highest BCUT2D eigenvalue weighted by molar-refractivity contribution is 5.23. The lowest BCUT2D eigenvalue weighted by Gasteiger charge is -2.14. The molecule has 0 radical (unpaired) electrons. The Balaban J connectivity index is 2.85. The van der Waals surface area contributed by atoms with Gasteiger partial charge in [-0.25, -0.2) is 13.2 Å². The second-order valence-corrected chi connectivity index (χ2v) is 2.31. The third kappa shape index (κ3) is 1.23. The third-order valence-corrected chi connectivity index (χ3v) is 1.51. The first kappa shape index (κ1) is 7.38. The molecule has 56 valence electrons. The molecule has 3 heteroatoms. The minimum Gasteiger partial charge on any atom is -0.242 e. The first-order valence-electron chi connectivity index (χ1n) is 2.99. The first-order valence-corrected chi connectivity index (χ1v) is 2.99. The summed E-state index contributed by atoms with van der Waals surface area (Å²) in [6.07, 6.45) is -0.0425. The predicted octanol–water partition coefficient (Wildman–Crippen LogP) is 2.68. The van der Waals surface area contributed by atoms with E-state index in [2.05, 4.69) is 0 Å². The highest BCUT2D eigenvalue weighted by Crippen LogP contribution is 2.27. The summed E-state index contributed by atoms with van der Waals surface area (Å²) >= 11 is 0. The molecule has 1 rings (SSSR count). The number of rotatable bonds is 0. The Bertz CT molecular complexity index is 193. The van der Waals surface area contributed by atoms with Crippen LogP contribution in [0.5, 0.6) is 0 Å². The quantitative estimate of drug-likeness (QED) is 0.495. The lowest BCUT2D eigenvalue weighted by molar-refractivity contribution is 0.284. The number of halogens is 3. The maximum atomic E-state index is 12.5. The fourth-order valence-corrected chi connectivity index (χ4v) is 0.760. The predicted molar refractivity (Wildman–Crippen MR) is 32.4 cm³/mol. The largest absolute Gasteiger partial charge is 0.242 e. The van der Waals surface area contributed by atoms with Crippen molar-refractivity contribution >= 4 is 0 Å². The van der Waals surface area contributed by atoms with Gasteiger partial charge in [0.05, 0.1) is 0 Å². The zero-order chi connectivity index (χ0) is 7.72. The van der Waals surface area contributed by atoms with Crippen LogP contribution in [0.1, 0.15) is 6.92 Å². The molecular formula is C7H7F3. The van der Waals surface area contributed by atoms with Gasteiger partial charge in [-0.05, 0) is 6.08 Å². The van der Waals surface area contributed by atoms with E-state index >= 15 is 0 Å². The van der Waals surface area contributed by atoms with Crippen LogP contribution >= 0.6 is 0 Å². The molecule has 0 spiro atoms. The third-order valence-electron chi connectivity index (χ3n) is 1.51. The molecule has 0 amide bonds. The summed E-state index contributed by atoms with van der Waals surface area (Å²) in [6.45, 7) is 1.37. The summed E-state index contributed by atoms with van der Waals surface area (Å²) in [5.74, 6) is -2.39. The molecule has 0 nitrogen and oxygen atoms in total. The van der Waals surface area contributed by atoms with E-state index in [1.807, 2.05) is 0 Å². The zero-order valence-electron chi connectivity index (χ0n) is 5.44. The van der Waals surface area contributed by atoms with Crippen molar-refractivity contribution in [3.8, 4) is 0 Å². The molecule has 0 aromatic rings. The van der Waals surface area contributed by atoms with Crippen LogP contribution < -0.4 is 0 Å². The Labute approximate surface area is 57.0 Å². The van der Waals surface area contributed by atoms with E-state index in [4.69, 9.17) is 0 Å². The maximum Gasteiger partial charge on any atom is 0.130 e. The van der Waals surface area contributed by atoms with Gasteiger partial charge in [-0.2, -0.15) is 0 Å². The first-order chi connectivity index (χ1) is 4.61. The highest BCUT2D eigenvalue weighted by Gasteiger charge is 2.23. The Morgan fingerprint density at radius 3 is 2.50 bits per heavy atom. The molecule has 0 saturated heterocycles. The van der Waals surface area contributed by atoms with Gasteiger partial charge in [0.25, 0.3) is 0 Å². The molecule has 0 aromatic carbocycles. The molecule has 0 aromatic heterocycles. The minimum absolute atomic E-state index is 0.709. The van der Waals surface area contributed by atoms with Crippen LogP contribution in [0.2, 0.25) is 0 Å². The van der Waals surface area contributed by atoms with Gasteiger partial charge in [0, 0.05) is 12.0 Å².